The smallest absolute Gasteiger partial charge is 0.258 e. The molecular formula is C20H21Cl2N3O3S2. The normalized spacial score (nSPS) is 14.9. The van der Waals surface area contributed by atoms with E-state index in [1.165, 1.54) is 24.3 Å². The van der Waals surface area contributed by atoms with Gasteiger partial charge >= 0.3 is 0 Å². The molecule has 10 heteroatoms. The van der Waals surface area contributed by atoms with Gasteiger partial charge in [-0.05, 0) is 67.5 Å². The van der Waals surface area contributed by atoms with Crippen molar-refractivity contribution in [2.75, 3.05) is 5.32 Å². The van der Waals surface area contributed by atoms with Crippen molar-refractivity contribution in [3.63, 3.8) is 0 Å². The van der Waals surface area contributed by atoms with E-state index in [1.54, 1.807) is 18.2 Å². The Hall–Kier alpha value is -1.71. The van der Waals surface area contributed by atoms with Crippen LogP contribution in [0.15, 0.2) is 47.4 Å². The minimum Gasteiger partial charge on any atom is -0.332 e. The summed E-state index contributed by atoms with van der Waals surface area (Å²) < 4.78 is 27.9. The molecule has 0 bridgehead atoms. The molecule has 1 amide bonds. The SMILES string of the molecule is O=C(NC(=S)Nc1ccc(S(=O)(=O)NC2CCCCC2)cc1)c1ccc(Cl)cc1Cl. The molecule has 0 saturated heterocycles. The Morgan fingerprint density at radius 2 is 1.67 bits per heavy atom. The molecule has 0 heterocycles. The third kappa shape index (κ3) is 6.15. The summed E-state index contributed by atoms with van der Waals surface area (Å²) in [5, 5.41) is 6.07. The fourth-order valence-corrected chi connectivity index (χ4v) is 5.24. The lowest BCUT2D eigenvalue weighted by Gasteiger charge is -2.22. The van der Waals surface area contributed by atoms with E-state index < -0.39 is 15.9 Å². The van der Waals surface area contributed by atoms with E-state index in [0.29, 0.717) is 10.7 Å². The van der Waals surface area contributed by atoms with Gasteiger partial charge in [-0.25, -0.2) is 13.1 Å². The first-order chi connectivity index (χ1) is 14.2. The molecular weight excluding hydrogens is 465 g/mol. The van der Waals surface area contributed by atoms with E-state index in [0.717, 1.165) is 32.1 Å². The first-order valence-electron chi connectivity index (χ1n) is 9.44. The minimum absolute atomic E-state index is 0.0102. The van der Waals surface area contributed by atoms with Crippen molar-refractivity contribution in [3.8, 4) is 0 Å². The number of carbonyl (C=O) groups is 1. The zero-order valence-electron chi connectivity index (χ0n) is 16.0. The van der Waals surface area contributed by atoms with Crippen LogP contribution in [-0.4, -0.2) is 25.5 Å². The molecule has 0 aliphatic heterocycles. The lowest BCUT2D eigenvalue weighted by atomic mass is 9.96. The molecule has 1 aliphatic rings. The Labute approximate surface area is 191 Å². The van der Waals surface area contributed by atoms with Crippen LogP contribution < -0.4 is 15.4 Å². The van der Waals surface area contributed by atoms with E-state index in [2.05, 4.69) is 15.4 Å². The van der Waals surface area contributed by atoms with Crippen molar-refractivity contribution in [3.05, 3.63) is 58.1 Å². The van der Waals surface area contributed by atoms with Gasteiger partial charge in [-0.15, -0.1) is 0 Å². The van der Waals surface area contributed by atoms with E-state index in [1.807, 2.05) is 0 Å². The number of sulfonamides is 1. The highest BCUT2D eigenvalue weighted by atomic mass is 35.5. The quantitative estimate of drug-likeness (QED) is 0.532. The van der Waals surface area contributed by atoms with Crippen LogP contribution >= 0.6 is 35.4 Å². The Kier molecular flexibility index (Phi) is 7.70. The molecule has 1 aliphatic carbocycles. The molecule has 0 atom stereocenters. The highest BCUT2D eigenvalue weighted by Gasteiger charge is 2.21. The van der Waals surface area contributed by atoms with Crippen LogP contribution in [0, 0.1) is 0 Å². The minimum atomic E-state index is -3.57. The Morgan fingerprint density at radius 3 is 2.30 bits per heavy atom. The second kappa shape index (κ2) is 10.1. The number of amides is 1. The Bertz CT molecular complexity index is 1040. The summed E-state index contributed by atoms with van der Waals surface area (Å²) in [6.07, 6.45) is 4.97. The maximum Gasteiger partial charge on any atom is 0.258 e. The average Bonchev–Trinajstić information content (AvgIpc) is 2.68. The molecule has 0 aromatic heterocycles. The number of thiocarbonyl (C=S) groups is 1. The lowest BCUT2D eigenvalue weighted by Crippen LogP contribution is -2.36. The van der Waals surface area contributed by atoms with Gasteiger partial charge in [-0.1, -0.05) is 42.5 Å². The van der Waals surface area contributed by atoms with Gasteiger partial charge in [0.1, 0.15) is 0 Å². The van der Waals surface area contributed by atoms with Gasteiger partial charge in [0.2, 0.25) is 10.0 Å². The average molecular weight is 486 g/mol. The molecule has 160 valence electrons. The van der Waals surface area contributed by atoms with Gasteiger partial charge in [0, 0.05) is 16.8 Å². The summed E-state index contributed by atoms with van der Waals surface area (Å²) in [6, 6.07) is 10.7. The molecule has 0 radical (unpaired) electrons. The fourth-order valence-electron chi connectivity index (χ4n) is 3.23. The van der Waals surface area contributed by atoms with Crippen molar-refractivity contribution in [2.45, 2.75) is 43.0 Å². The van der Waals surface area contributed by atoms with Crippen LogP contribution in [-0.2, 0) is 10.0 Å². The zero-order valence-corrected chi connectivity index (χ0v) is 19.1. The van der Waals surface area contributed by atoms with Crippen LogP contribution in [0.2, 0.25) is 10.0 Å². The summed E-state index contributed by atoms with van der Waals surface area (Å²) in [5.74, 6) is -0.481. The highest BCUT2D eigenvalue weighted by Crippen LogP contribution is 2.22. The van der Waals surface area contributed by atoms with Crippen LogP contribution in [0.1, 0.15) is 42.5 Å². The summed E-state index contributed by atoms with van der Waals surface area (Å²) in [4.78, 5) is 12.5. The summed E-state index contributed by atoms with van der Waals surface area (Å²) in [7, 11) is -3.57. The van der Waals surface area contributed by atoms with Crippen LogP contribution in [0.5, 0.6) is 0 Å². The van der Waals surface area contributed by atoms with E-state index in [4.69, 9.17) is 35.4 Å². The van der Waals surface area contributed by atoms with Crippen molar-refractivity contribution in [1.29, 1.82) is 0 Å². The third-order valence-electron chi connectivity index (χ3n) is 4.75. The lowest BCUT2D eigenvalue weighted by molar-refractivity contribution is 0.0978. The van der Waals surface area contributed by atoms with Gasteiger partial charge in [0.05, 0.1) is 15.5 Å². The number of rotatable bonds is 5. The number of halogens is 2. The third-order valence-corrected chi connectivity index (χ3v) is 7.04. The number of benzene rings is 2. The number of hydrogen-bond donors (Lipinski definition) is 3. The Morgan fingerprint density at radius 1 is 1.00 bits per heavy atom. The molecule has 0 unspecified atom stereocenters. The van der Waals surface area contributed by atoms with Gasteiger partial charge in [-0.2, -0.15) is 0 Å². The molecule has 1 saturated carbocycles. The van der Waals surface area contributed by atoms with Crippen molar-refractivity contribution >= 4 is 62.2 Å². The molecule has 1 fully saturated rings. The summed E-state index contributed by atoms with van der Waals surface area (Å²) in [5.41, 5.74) is 0.777. The van der Waals surface area contributed by atoms with E-state index in [9.17, 15) is 13.2 Å². The number of carbonyl (C=O) groups excluding carboxylic acids is 1. The topological polar surface area (TPSA) is 87.3 Å². The predicted molar refractivity (Wildman–Crippen MR) is 124 cm³/mol. The molecule has 3 N–H and O–H groups in total. The van der Waals surface area contributed by atoms with Crippen molar-refractivity contribution < 1.29 is 13.2 Å². The maximum absolute atomic E-state index is 12.6. The van der Waals surface area contributed by atoms with Crippen LogP contribution in [0.25, 0.3) is 0 Å². The zero-order chi connectivity index (χ0) is 21.7. The van der Waals surface area contributed by atoms with Crippen molar-refractivity contribution in [1.82, 2.24) is 10.0 Å². The second-order valence-corrected chi connectivity index (χ2v) is 9.98. The van der Waals surface area contributed by atoms with Gasteiger partial charge in [0.25, 0.3) is 5.91 Å². The van der Waals surface area contributed by atoms with Crippen LogP contribution in [0.3, 0.4) is 0 Å². The van der Waals surface area contributed by atoms with E-state index in [-0.39, 0.29) is 26.6 Å². The summed E-state index contributed by atoms with van der Waals surface area (Å²) >= 11 is 17.0. The molecule has 6 nitrogen and oxygen atoms in total. The van der Waals surface area contributed by atoms with E-state index >= 15 is 0 Å². The Balaban J connectivity index is 1.59. The van der Waals surface area contributed by atoms with Gasteiger partial charge in [-0.3, -0.25) is 10.1 Å². The standard InChI is InChI=1S/C20H21Cl2N3O3S2/c21-13-6-11-17(18(22)12-13)19(26)24-20(29)23-14-7-9-16(10-8-14)30(27,28)25-15-4-2-1-3-5-15/h6-12,15,25H,1-5H2,(H2,23,24,26,29). The van der Waals surface area contributed by atoms with Gasteiger partial charge < -0.3 is 5.32 Å². The molecule has 0 spiro atoms. The molecule has 2 aromatic rings. The van der Waals surface area contributed by atoms with Gasteiger partial charge in [0.15, 0.2) is 5.11 Å². The largest absolute Gasteiger partial charge is 0.332 e. The molecule has 3 rings (SSSR count). The number of hydrogen-bond acceptors (Lipinski definition) is 4. The van der Waals surface area contributed by atoms with Crippen molar-refractivity contribution in [2.24, 2.45) is 0 Å². The first kappa shape index (κ1) is 23.0. The maximum atomic E-state index is 12.6. The second-order valence-electron chi connectivity index (χ2n) is 7.01. The molecule has 2 aromatic carbocycles. The monoisotopic (exact) mass is 485 g/mol. The predicted octanol–water partition coefficient (Wildman–Crippen LogP) is 4.73. The fraction of sp³-hybridized carbons (Fsp3) is 0.300. The highest BCUT2D eigenvalue weighted by molar-refractivity contribution is 7.89. The summed E-state index contributed by atoms with van der Waals surface area (Å²) in [6.45, 7) is 0. The number of nitrogens with one attached hydrogen (secondary N) is 3. The van der Waals surface area contributed by atoms with Crippen LogP contribution in [0.4, 0.5) is 5.69 Å². The molecule has 30 heavy (non-hydrogen) atoms. The first-order valence-corrected chi connectivity index (χ1v) is 12.1. The number of anilines is 1.